The highest BCUT2D eigenvalue weighted by atomic mass is 127. The smallest absolute Gasteiger partial charge is 0.411 e. The Morgan fingerprint density at radius 2 is 1.62 bits per heavy atom. The number of hydrogen-bond donors (Lipinski definition) is 3. The van der Waals surface area contributed by atoms with E-state index in [0.717, 1.165) is 25.8 Å². The van der Waals surface area contributed by atoms with E-state index in [9.17, 15) is 14.4 Å². The summed E-state index contributed by atoms with van der Waals surface area (Å²) in [5.74, 6) is 2.50. The molecule has 3 aromatic carbocycles. The number of fused-ring (bicyclic) bond motifs is 3. The highest BCUT2D eigenvalue weighted by Gasteiger charge is 2.29. The lowest BCUT2D eigenvalue weighted by atomic mass is 9.98. The molecule has 1 aliphatic carbocycles. The third-order valence-electron chi connectivity index (χ3n) is 5.28. The van der Waals surface area contributed by atoms with Crippen LogP contribution in [-0.4, -0.2) is 36.2 Å². The monoisotopic (exact) mass is 566 g/mol. The first-order valence-corrected chi connectivity index (χ1v) is 11.4. The summed E-state index contributed by atoms with van der Waals surface area (Å²) in [4.78, 5) is 35.3. The number of ether oxygens (including phenoxy) is 1. The summed E-state index contributed by atoms with van der Waals surface area (Å²) >= 11 is 2.04. The maximum atomic E-state index is 12.6. The van der Waals surface area contributed by atoms with E-state index in [0.29, 0.717) is 11.3 Å². The lowest BCUT2D eigenvalue weighted by molar-refractivity contribution is -0.130. The Bertz CT molecular complexity index is 1300. The normalized spacial score (nSPS) is 11.4. The molecule has 4 rings (SSSR count). The van der Waals surface area contributed by atoms with Crippen molar-refractivity contribution in [2.75, 3.05) is 18.5 Å². The van der Waals surface area contributed by atoms with Gasteiger partial charge >= 0.3 is 12.1 Å². The molecule has 2 amide bonds. The molecule has 7 nitrogen and oxygen atoms in total. The zero-order chi connectivity index (χ0) is 24.1. The van der Waals surface area contributed by atoms with Crippen LogP contribution in [0.1, 0.15) is 27.4 Å². The van der Waals surface area contributed by atoms with Gasteiger partial charge in [0.25, 0.3) is 5.91 Å². The number of anilines is 1. The van der Waals surface area contributed by atoms with E-state index in [1.54, 1.807) is 12.1 Å². The summed E-state index contributed by atoms with van der Waals surface area (Å²) in [7, 11) is 0. The van der Waals surface area contributed by atoms with Gasteiger partial charge in [0.05, 0.1) is 6.54 Å². The summed E-state index contributed by atoms with van der Waals surface area (Å²) in [5.41, 5.74) is 5.25. The minimum Gasteiger partial charge on any atom is -0.472 e. The Kier molecular flexibility index (Phi) is 7.13. The van der Waals surface area contributed by atoms with Crippen molar-refractivity contribution in [1.29, 1.82) is 0 Å². The van der Waals surface area contributed by atoms with Gasteiger partial charge in [0.2, 0.25) is 0 Å². The first kappa shape index (κ1) is 23.3. The van der Waals surface area contributed by atoms with Crippen LogP contribution in [0.2, 0.25) is 0 Å². The molecule has 0 radical (unpaired) electrons. The van der Waals surface area contributed by atoms with E-state index in [4.69, 9.17) is 9.84 Å². The molecule has 0 aliphatic heterocycles. The topological polar surface area (TPSA) is 105 Å². The van der Waals surface area contributed by atoms with Crippen molar-refractivity contribution in [2.45, 2.75) is 5.92 Å². The summed E-state index contributed by atoms with van der Waals surface area (Å²) in [5, 5.41) is 13.7. The first-order valence-electron chi connectivity index (χ1n) is 10.3. The highest BCUT2D eigenvalue weighted by molar-refractivity contribution is 14.1. The fourth-order valence-electron chi connectivity index (χ4n) is 3.89. The molecule has 0 aromatic heterocycles. The fourth-order valence-corrected chi connectivity index (χ4v) is 4.56. The summed E-state index contributed by atoms with van der Waals surface area (Å²) < 4.78 is 6.29. The Hall–Kier alpha value is -3.84. The lowest BCUT2D eigenvalue weighted by Crippen LogP contribution is -2.24. The molecule has 0 bridgehead atoms. The number of carboxylic acids is 1. The zero-order valence-corrected chi connectivity index (χ0v) is 20.0. The molecule has 3 N–H and O–H groups in total. The standard InChI is InChI=1S/C26H19IN2O5/c27-17-12-16(25(32)28-11-5-10-24(30)31)13-18(14-17)29-26(33)34-15-23-21-8-3-1-6-19(21)20-7-2-4-9-22(20)23/h1-4,6-9,12-14,23H,11,15H2,(H,28,32)(H,29,33)(H,30,31). The van der Waals surface area contributed by atoms with Crippen molar-refractivity contribution in [3.05, 3.63) is 87.0 Å². The number of carboxylic acid groups (broad SMARTS) is 1. The number of benzene rings is 3. The number of halogens is 1. The van der Waals surface area contributed by atoms with Crippen LogP contribution < -0.4 is 10.6 Å². The maximum absolute atomic E-state index is 12.6. The number of amides is 2. The predicted molar refractivity (Wildman–Crippen MR) is 136 cm³/mol. The van der Waals surface area contributed by atoms with Gasteiger partial charge in [-0.15, -0.1) is 0 Å². The Morgan fingerprint density at radius 3 is 2.26 bits per heavy atom. The Labute approximate surface area is 209 Å². The van der Waals surface area contributed by atoms with Gasteiger partial charge in [-0.25, -0.2) is 9.59 Å². The van der Waals surface area contributed by atoms with Crippen molar-refractivity contribution in [3.8, 4) is 23.0 Å². The SMILES string of the molecule is O=C(O)C#CCNC(=O)c1cc(I)cc(NC(=O)OCC2c3ccccc3-c3ccccc32)c1. The number of carbonyl (C=O) groups is 3. The molecule has 8 heteroatoms. The van der Waals surface area contributed by atoms with Gasteiger partial charge in [-0.05, 0) is 63.0 Å². The zero-order valence-electron chi connectivity index (χ0n) is 17.8. The third-order valence-corrected chi connectivity index (χ3v) is 5.91. The summed E-state index contributed by atoms with van der Waals surface area (Å²) in [6, 6.07) is 21.0. The summed E-state index contributed by atoms with van der Waals surface area (Å²) in [6.45, 7) is 0.0745. The molecule has 170 valence electrons. The van der Waals surface area contributed by atoms with Gasteiger partial charge in [0, 0.05) is 26.7 Å². The number of hydrogen-bond acceptors (Lipinski definition) is 4. The van der Waals surface area contributed by atoms with Crippen LogP contribution in [0, 0.1) is 15.4 Å². The van der Waals surface area contributed by atoms with Crippen molar-refractivity contribution in [1.82, 2.24) is 5.32 Å². The quantitative estimate of drug-likeness (QED) is 0.313. The molecule has 0 atom stereocenters. The second-order valence-corrected chi connectivity index (χ2v) is 8.71. The van der Waals surface area contributed by atoms with E-state index in [-0.39, 0.29) is 19.1 Å². The maximum Gasteiger partial charge on any atom is 0.411 e. The molecule has 0 fully saturated rings. The number of aliphatic carboxylic acids is 1. The molecule has 0 spiro atoms. The van der Waals surface area contributed by atoms with Crippen molar-refractivity contribution >= 4 is 46.2 Å². The minimum atomic E-state index is -1.27. The summed E-state index contributed by atoms with van der Waals surface area (Å²) in [6.07, 6.45) is -0.623. The van der Waals surface area contributed by atoms with Gasteiger partial charge in [-0.3, -0.25) is 10.1 Å². The third kappa shape index (κ3) is 5.38. The molecular formula is C26H19IN2O5. The van der Waals surface area contributed by atoms with Gasteiger partial charge in [0.15, 0.2) is 0 Å². The second-order valence-electron chi connectivity index (χ2n) is 7.47. The molecule has 3 aromatic rings. The first-order chi connectivity index (χ1) is 16.4. The number of nitrogens with one attached hydrogen (secondary N) is 2. The van der Waals surface area contributed by atoms with E-state index < -0.39 is 18.0 Å². The van der Waals surface area contributed by atoms with Crippen LogP contribution in [-0.2, 0) is 9.53 Å². The molecule has 1 aliphatic rings. The van der Waals surface area contributed by atoms with Crippen LogP contribution in [0.3, 0.4) is 0 Å². The number of carbonyl (C=O) groups excluding carboxylic acids is 2. The Balaban J connectivity index is 1.41. The van der Waals surface area contributed by atoms with Crippen molar-refractivity contribution in [3.63, 3.8) is 0 Å². The van der Waals surface area contributed by atoms with E-state index in [2.05, 4.69) is 28.7 Å². The van der Waals surface area contributed by atoms with Crippen LogP contribution in [0.25, 0.3) is 11.1 Å². The molecule has 0 saturated heterocycles. The molecule has 34 heavy (non-hydrogen) atoms. The average Bonchev–Trinajstić information content (AvgIpc) is 3.13. The molecule has 0 saturated carbocycles. The minimum absolute atomic E-state index is 0.0534. The van der Waals surface area contributed by atoms with Gasteiger partial charge in [-0.1, -0.05) is 54.5 Å². The Morgan fingerprint density at radius 1 is 0.971 bits per heavy atom. The molecular weight excluding hydrogens is 547 g/mol. The predicted octanol–water partition coefficient (Wildman–Crippen LogP) is 4.47. The lowest BCUT2D eigenvalue weighted by Gasteiger charge is -2.15. The second kappa shape index (κ2) is 10.4. The highest BCUT2D eigenvalue weighted by Crippen LogP contribution is 2.44. The van der Waals surface area contributed by atoms with E-state index in [1.807, 2.05) is 64.9 Å². The van der Waals surface area contributed by atoms with Crippen LogP contribution in [0.4, 0.5) is 10.5 Å². The van der Waals surface area contributed by atoms with Crippen LogP contribution in [0.15, 0.2) is 66.7 Å². The average molecular weight is 566 g/mol. The number of rotatable bonds is 5. The fraction of sp³-hybridized carbons (Fsp3) is 0.115. The van der Waals surface area contributed by atoms with Gasteiger partial charge in [-0.2, -0.15) is 0 Å². The van der Waals surface area contributed by atoms with E-state index >= 15 is 0 Å². The molecule has 0 unspecified atom stereocenters. The molecule has 0 heterocycles. The van der Waals surface area contributed by atoms with E-state index in [1.165, 1.54) is 6.07 Å². The van der Waals surface area contributed by atoms with Gasteiger partial charge in [0.1, 0.15) is 6.61 Å². The van der Waals surface area contributed by atoms with Gasteiger partial charge < -0.3 is 15.2 Å². The van der Waals surface area contributed by atoms with Crippen molar-refractivity contribution in [2.24, 2.45) is 0 Å². The van der Waals surface area contributed by atoms with Crippen LogP contribution >= 0.6 is 22.6 Å². The van der Waals surface area contributed by atoms with Crippen LogP contribution in [0.5, 0.6) is 0 Å². The largest absolute Gasteiger partial charge is 0.472 e. The van der Waals surface area contributed by atoms with Crippen molar-refractivity contribution < 1.29 is 24.2 Å².